The van der Waals surface area contributed by atoms with Gasteiger partial charge in [-0.2, -0.15) is 0 Å². The molecular formula is C7H17N3. The summed E-state index contributed by atoms with van der Waals surface area (Å²) in [6.45, 7) is 2.14. The number of unbranched alkanes of at least 4 members (excludes halogenated alkanes) is 1. The lowest BCUT2D eigenvalue weighted by molar-refractivity contribution is 0.477. The van der Waals surface area contributed by atoms with Crippen LogP contribution in [0.4, 0.5) is 0 Å². The monoisotopic (exact) mass is 143 g/mol. The summed E-state index contributed by atoms with van der Waals surface area (Å²) in [6, 6.07) is 0. The molecule has 0 saturated heterocycles. The Balaban J connectivity index is 3.49. The number of hydrogen-bond acceptors (Lipinski definition) is 3. The zero-order valence-electron chi connectivity index (χ0n) is 6.80. The lowest BCUT2D eigenvalue weighted by Crippen LogP contribution is -2.20. The van der Waals surface area contributed by atoms with Gasteiger partial charge in [-0.3, -0.25) is 0 Å². The lowest BCUT2D eigenvalue weighted by Gasteiger charge is -2.06. The van der Waals surface area contributed by atoms with E-state index in [1.54, 1.807) is 13.2 Å². The molecule has 0 aliphatic heterocycles. The van der Waals surface area contributed by atoms with Gasteiger partial charge in [0, 0.05) is 18.9 Å². The Morgan fingerprint density at radius 2 is 2.20 bits per heavy atom. The first-order valence-corrected chi connectivity index (χ1v) is 3.60. The van der Waals surface area contributed by atoms with Crippen LogP contribution in [0.2, 0.25) is 0 Å². The van der Waals surface area contributed by atoms with E-state index in [4.69, 9.17) is 11.6 Å². The highest BCUT2D eigenvalue weighted by molar-refractivity contribution is 4.93. The molecule has 0 saturated carbocycles. The van der Waals surface area contributed by atoms with Crippen molar-refractivity contribution < 1.29 is 0 Å². The molecule has 0 aromatic heterocycles. The average Bonchev–Trinajstić information content (AvgIpc) is 1.82. The van der Waals surface area contributed by atoms with Gasteiger partial charge in [0.1, 0.15) is 0 Å². The topological polar surface area (TPSA) is 55.3 Å². The smallest absolute Gasteiger partial charge is 0.0339 e. The first kappa shape index (κ1) is 9.30. The molecule has 0 aromatic carbocycles. The minimum atomic E-state index is 0.854. The normalized spacial score (nSPS) is 11.7. The van der Waals surface area contributed by atoms with Gasteiger partial charge in [-0.1, -0.05) is 13.3 Å². The largest absolute Gasteiger partial charge is 0.401 e. The van der Waals surface area contributed by atoms with Crippen molar-refractivity contribution in [3.63, 3.8) is 0 Å². The van der Waals surface area contributed by atoms with Gasteiger partial charge in [0.15, 0.2) is 0 Å². The van der Waals surface area contributed by atoms with E-state index < -0.39 is 0 Å². The summed E-state index contributed by atoms with van der Waals surface area (Å²) in [4.78, 5) is 0. The molecule has 60 valence electrons. The fraction of sp³-hybridized carbons (Fsp3) is 0.714. The van der Waals surface area contributed by atoms with Crippen LogP contribution in [0.1, 0.15) is 26.2 Å². The molecule has 0 rings (SSSR count). The molecule has 10 heavy (non-hydrogen) atoms. The predicted molar refractivity (Wildman–Crippen MR) is 43.7 cm³/mol. The third-order valence-corrected chi connectivity index (χ3v) is 1.19. The van der Waals surface area contributed by atoms with Gasteiger partial charge in [-0.15, -0.1) is 0 Å². The van der Waals surface area contributed by atoms with E-state index in [1.807, 2.05) is 0 Å². The minimum absolute atomic E-state index is 0.854. The summed E-state index contributed by atoms with van der Waals surface area (Å²) in [5, 5.41) is 1.48. The number of rotatable bonds is 4. The van der Waals surface area contributed by atoms with E-state index in [9.17, 15) is 0 Å². The Morgan fingerprint density at radius 3 is 2.60 bits per heavy atom. The molecule has 0 aliphatic rings. The first-order chi connectivity index (χ1) is 4.66. The van der Waals surface area contributed by atoms with E-state index in [2.05, 4.69) is 6.92 Å². The van der Waals surface area contributed by atoms with Crippen LogP contribution in [0, 0.1) is 0 Å². The number of allylic oxidation sites excluding steroid dienone is 1. The molecule has 0 heterocycles. The van der Waals surface area contributed by atoms with E-state index in [-0.39, 0.29) is 0 Å². The Morgan fingerprint density at radius 1 is 1.60 bits per heavy atom. The highest BCUT2D eigenvalue weighted by Crippen LogP contribution is 2.00. The summed E-state index contributed by atoms with van der Waals surface area (Å²) in [7, 11) is 1.76. The van der Waals surface area contributed by atoms with Gasteiger partial charge in [-0.05, 0) is 12.8 Å². The van der Waals surface area contributed by atoms with Crippen molar-refractivity contribution >= 4 is 0 Å². The van der Waals surface area contributed by atoms with Crippen LogP contribution in [-0.2, 0) is 0 Å². The standard InChI is InChI=1S/C7H17N3/c1-3-4-5-7(8)6-10(2)9/h6H,3-5,8-9H2,1-2H3/b7-6-. The van der Waals surface area contributed by atoms with E-state index >= 15 is 0 Å². The Bertz CT molecular complexity index is 107. The fourth-order valence-corrected chi connectivity index (χ4v) is 0.707. The van der Waals surface area contributed by atoms with Crippen LogP contribution in [-0.4, -0.2) is 12.1 Å². The molecule has 0 aliphatic carbocycles. The van der Waals surface area contributed by atoms with Gasteiger partial charge in [0.2, 0.25) is 0 Å². The molecule has 4 N–H and O–H groups in total. The van der Waals surface area contributed by atoms with Gasteiger partial charge in [0.25, 0.3) is 0 Å². The molecule has 3 nitrogen and oxygen atoms in total. The maximum Gasteiger partial charge on any atom is 0.0339 e. The molecule has 0 radical (unpaired) electrons. The first-order valence-electron chi connectivity index (χ1n) is 3.60. The van der Waals surface area contributed by atoms with Crippen molar-refractivity contribution in [1.82, 2.24) is 5.01 Å². The maximum atomic E-state index is 5.60. The van der Waals surface area contributed by atoms with Crippen LogP contribution < -0.4 is 11.6 Å². The van der Waals surface area contributed by atoms with Crippen LogP contribution in [0.15, 0.2) is 11.9 Å². The molecule has 0 fully saturated rings. The third-order valence-electron chi connectivity index (χ3n) is 1.19. The van der Waals surface area contributed by atoms with Crippen LogP contribution >= 0.6 is 0 Å². The number of hydrogen-bond donors (Lipinski definition) is 2. The molecular weight excluding hydrogens is 126 g/mol. The van der Waals surface area contributed by atoms with Gasteiger partial charge in [0.05, 0.1) is 0 Å². The van der Waals surface area contributed by atoms with Crippen molar-refractivity contribution in [3.8, 4) is 0 Å². The molecule has 0 spiro atoms. The number of nitrogens with two attached hydrogens (primary N) is 2. The Hall–Kier alpha value is -0.700. The van der Waals surface area contributed by atoms with E-state index in [1.165, 1.54) is 11.4 Å². The van der Waals surface area contributed by atoms with Crippen LogP contribution in [0.5, 0.6) is 0 Å². The molecule has 0 amide bonds. The average molecular weight is 143 g/mol. The Kier molecular flexibility index (Phi) is 4.76. The van der Waals surface area contributed by atoms with Crippen LogP contribution in [0.3, 0.4) is 0 Å². The van der Waals surface area contributed by atoms with E-state index in [0.717, 1.165) is 18.5 Å². The van der Waals surface area contributed by atoms with Crippen molar-refractivity contribution in [2.75, 3.05) is 7.05 Å². The number of hydrazine groups is 1. The predicted octanol–water partition coefficient (Wildman–Crippen LogP) is 0.782. The van der Waals surface area contributed by atoms with Gasteiger partial charge >= 0.3 is 0 Å². The fourth-order valence-electron chi connectivity index (χ4n) is 0.707. The van der Waals surface area contributed by atoms with Gasteiger partial charge in [-0.25, -0.2) is 5.84 Å². The highest BCUT2D eigenvalue weighted by Gasteiger charge is 1.89. The van der Waals surface area contributed by atoms with Crippen molar-refractivity contribution in [2.24, 2.45) is 11.6 Å². The molecule has 0 unspecified atom stereocenters. The second kappa shape index (κ2) is 5.11. The van der Waals surface area contributed by atoms with E-state index in [0.29, 0.717) is 0 Å². The minimum Gasteiger partial charge on any atom is -0.401 e. The zero-order chi connectivity index (χ0) is 7.98. The molecule has 0 aromatic rings. The summed E-state index contributed by atoms with van der Waals surface area (Å²) in [5.41, 5.74) is 6.45. The second-order valence-electron chi connectivity index (χ2n) is 2.47. The summed E-state index contributed by atoms with van der Waals surface area (Å²) in [5.74, 6) is 5.34. The van der Waals surface area contributed by atoms with Gasteiger partial charge < -0.3 is 10.7 Å². The summed E-state index contributed by atoms with van der Waals surface area (Å²) < 4.78 is 0. The maximum absolute atomic E-state index is 5.60. The number of nitrogens with zero attached hydrogens (tertiary/aromatic N) is 1. The summed E-state index contributed by atoms with van der Waals surface area (Å²) >= 11 is 0. The highest BCUT2D eigenvalue weighted by atomic mass is 15.4. The van der Waals surface area contributed by atoms with Crippen molar-refractivity contribution in [2.45, 2.75) is 26.2 Å². The molecule has 0 atom stereocenters. The third kappa shape index (κ3) is 5.44. The second-order valence-corrected chi connectivity index (χ2v) is 2.47. The summed E-state index contributed by atoms with van der Waals surface area (Å²) in [6.07, 6.45) is 4.99. The Labute approximate surface area is 62.6 Å². The molecule has 0 bridgehead atoms. The SMILES string of the molecule is CCCC/C(N)=C/N(C)N. The molecule has 3 heteroatoms. The zero-order valence-corrected chi connectivity index (χ0v) is 6.80. The van der Waals surface area contributed by atoms with Crippen molar-refractivity contribution in [1.29, 1.82) is 0 Å². The quantitative estimate of drug-likeness (QED) is 0.451. The lowest BCUT2D eigenvalue weighted by atomic mass is 10.2. The van der Waals surface area contributed by atoms with Crippen LogP contribution in [0.25, 0.3) is 0 Å². The van der Waals surface area contributed by atoms with Crippen molar-refractivity contribution in [3.05, 3.63) is 11.9 Å².